The molecule has 8 heteroatoms. The lowest BCUT2D eigenvalue weighted by Gasteiger charge is -2.29. The molecular formula is C22H28ClN3O3S. The van der Waals surface area contributed by atoms with Crippen LogP contribution in [0.1, 0.15) is 48.1 Å². The van der Waals surface area contributed by atoms with Crippen molar-refractivity contribution < 1.29 is 13.2 Å². The van der Waals surface area contributed by atoms with Gasteiger partial charge in [0.05, 0.1) is 11.8 Å². The lowest BCUT2D eigenvalue weighted by molar-refractivity contribution is 0.0938. The second-order valence-electron chi connectivity index (χ2n) is 7.49. The van der Waals surface area contributed by atoms with Gasteiger partial charge in [0.15, 0.2) is 0 Å². The first-order valence-corrected chi connectivity index (χ1v) is 12.3. The van der Waals surface area contributed by atoms with Crippen molar-refractivity contribution in [3.05, 3.63) is 64.7 Å². The van der Waals surface area contributed by atoms with Crippen LogP contribution in [0.5, 0.6) is 0 Å². The minimum atomic E-state index is -3.41. The summed E-state index contributed by atoms with van der Waals surface area (Å²) in [5.41, 5.74) is 1.80. The zero-order valence-corrected chi connectivity index (χ0v) is 18.7. The third-order valence-electron chi connectivity index (χ3n) is 5.17. The Morgan fingerprint density at radius 3 is 2.57 bits per heavy atom. The molecule has 0 aromatic heterocycles. The van der Waals surface area contributed by atoms with E-state index in [0.29, 0.717) is 29.2 Å². The molecule has 1 amide bonds. The van der Waals surface area contributed by atoms with E-state index in [2.05, 4.69) is 14.9 Å². The summed E-state index contributed by atoms with van der Waals surface area (Å²) in [6, 6.07) is 14.3. The fraction of sp³-hybridized carbons (Fsp3) is 0.409. The zero-order chi connectivity index (χ0) is 21.6. The van der Waals surface area contributed by atoms with Crippen molar-refractivity contribution in [1.82, 2.24) is 10.2 Å². The molecule has 2 aromatic carbocycles. The van der Waals surface area contributed by atoms with E-state index in [1.807, 2.05) is 24.3 Å². The number of anilines is 1. The minimum absolute atomic E-state index is 0.00334. The molecule has 2 N–H and O–H groups in total. The van der Waals surface area contributed by atoms with Crippen LogP contribution < -0.4 is 10.0 Å². The fourth-order valence-corrected chi connectivity index (χ4v) is 5.14. The van der Waals surface area contributed by atoms with Gasteiger partial charge in [0, 0.05) is 22.8 Å². The van der Waals surface area contributed by atoms with Crippen LogP contribution in [0.25, 0.3) is 0 Å². The molecule has 2 aromatic rings. The van der Waals surface area contributed by atoms with Gasteiger partial charge >= 0.3 is 0 Å². The first kappa shape index (κ1) is 22.6. The Kier molecular flexibility index (Phi) is 7.75. The SMILES string of the molecule is CCCS(=O)(=O)Nc1cccc(C(=O)NCC(c2ccccc2Cl)N2CCCC2)c1. The molecule has 1 aliphatic heterocycles. The maximum atomic E-state index is 12.8. The molecule has 0 aliphatic carbocycles. The molecule has 1 atom stereocenters. The van der Waals surface area contributed by atoms with Gasteiger partial charge in [0.1, 0.15) is 0 Å². The number of carbonyl (C=O) groups excluding carboxylic acids is 1. The molecule has 1 unspecified atom stereocenters. The number of nitrogens with one attached hydrogen (secondary N) is 2. The minimum Gasteiger partial charge on any atom is -0.350 e. The normalized spacial score (nSPS) is 15.7. The average Bonchev–Trinajstić information content (AvgIpc) is 3.23. The van der Waals surface area contributed by atoms with E-state index in [9.17, 15) is 13.2 Å². The highest BCUT2D eigenvalue weighted by molar-refractivity contribution is 7.92. The van der Waals surface area contributed by atoms with E-state index >= 15 is 0 Å². The molecule has 1 saturated heterocycles. The number of rotatable bonds is 9. The zero-order valence-electron chi connectivity index (χ0n) is 17.1. The summed E-state index contributed by atoms with van der Waals surface area (Å²) in [6.07, 6.45) is 2.79. The van der Waals surface area contributed by atoms with Crippen molar-refractivity contribution in [2.75, 3.05) is 30.1 Å². The molecule has 0 radical (unpaired) electrons. The number of sulfonamides is 1. The molecule has 1 aliphatic rings. The van der Waals surface area contributed by atoms with E-state index in [1.165, 1.54) is 0 Å². The second-order valence-corrected chi connectivity index (χ2v) is 9.74. The molecule has 0 spiro atoms. The van der Waals surface area contributed by atoms with E-state index in [4.69, 9.17) is 11.6 Å². The number of likely N-dealkylation sites (tertiary alicyclic amines) is 1. The van der Waals surface area contributed by atoms with E-state index in [0.717, 1.165) is 31.5 Å². The highest BCUT2D eigenvalue weighted by Crippen LogP contribution is 2.29. The maximum Gasteiger partial charge on any atom is 0.251 e. The number of hydrogen-bond acceptors (Lipinski definition) is 4. The summed E-state index contributed by atoms with van der Waals surface area (Å²) < 4.78 is 26.5. The summed E-state index contributed by atoms with van der Waals surface area (Å²) in [4.78, 5) is 15.1. The van der Waals surface area contributed by atoms with Gasteiger partial charge < -0.3 is 5.32 Å². The molecule has 162 valence electrons. The summed E-state index contributed by atoms with van der Waals surface area (Å²) in [5, 5.41) is 3.69. The molecular weight excluding hydrogens is 422 g/mol. The Balaban J connectivity index is 1.71. The molecule has 0 bridgehead atoms. The predicted molar refractivity (Wildman–Crippen MR) is 121 cm³/mol. The van der Waals surface area contributed by atoms with E-state index in [1.54, 1.807) is 31.2 Å². The first-order chi connectivity index (χ1) is 14.4. The van der Waals surface area contributed by atoms with Crippen LogP contribution in [-0.4, -0.2) is 44.6 Å². The lowest BCUT2D eigenvalue weighted by Crippen LogP contribution is -2.37. The monoisotopic (exact) mass is 449 g/mol. The van der Waals surface area contributed by atoms with Crippen LogP contribution in [0, 0.1) is 0 Å². The van der Waals surface area contributed by atoms with Crippen molar-refractivity contribution in [2.24, 2.45) is 0 Å². The molecule has 3 rings (SSSR count). The fourth-order valence-electron chi connectivity index (χ4n) is 3.75. The van der Waals surface area contributed by atoms with Crippen LogP contribution in [0.15, 0.2) is 48.5 Å². The third kappa shape index (κ3) is 5.97. The predicted octanol–water partition coefficient (Wildman–Crippen LogP) is 4.06. The van der Waals surface area contributed by atoms with Crippen LogP contribution in [0.4, 0.5) is 5.69 Å². The Labute approximate surface area is 183 Å². The molecule has 0 saturated carbocycles. The van der Waals surface area contributed by atoms with Crippen molar-refractivity contribution >= 4 is 33.2 Å². The number of carbonyl (C=O) groups is 1. The Bertz CT molecular complexity index is 975. The highest BCUT2D eigenvalue weighted by atomic mass is 35.5. The lowest BCUT2D eigenvalue weighted by atomic mass is 10.0. The Morgan fingerprint density at radius 2 is 1.87 bits per heavy atom. The van der Waals surface area contributed by atoms with E-state index in [-0.39, 0.29) is 17.7 Å². The van der Waals surface area contributed by atoms with Crippen LogP contribution in [0.3, 0.4) is 0 Å². The number of halogens is 1. The Morgan fingerprint density at radius 1 is 1.13 bits per heavy atom. The largest absolute Gasteiger partial charge is 0.350 e. The first-order valence-electron chi connectivity index (χ1n) is 10.3. The second kappa shape index (κ2) is 10.3. The summed E-state index contributed by atoms with van der Waals surface area (Å²) in [7, 11) is -3.41. The number of amides is 1. The standard InChI is InChI=1S/C22H28ClN3O3S/c1-2-14-30(28,29)25-18-9-7-8-17(15-18)22(27)24-16-21(26-12-5-6-13-26)19-10-3-4-11-20(19)23/h3-4,7-11,15,21,25H,2,5-6,12-14,16H2,1H3,(H,24,27). The van der Waals surface area contributed by atoms with Crippen molar-refractivity contribution in [3.8, 4) is 0 Å². The number of nitrogens with zero attached hydrogens (tertiary/aromatic N) is 1. The van der Waals surface area contributed by atoms with Crippen molar-refractivity contribution in [3.63, 3.8) is 0 Å². The smallest absolute Gasteiger partial charge is 0.251 e. The van der Waals surface area contributed by atoms with Gasteiger partial charge in [-0.3, -0.25) is 14.4 Å². The molecule has 30 heavy (non-hydrogen) atoms. The van der Waals surface area contributed by atoms with Crippen molar-refractivity contribution in [2.45, 2.75) is 32.2 Å². The molecule has 6 nitrogen and oxygen atoms in total. The van der Waals surface area contributed by atoms with Crippen LogP contribution >= 0.6 is 11.6 Å². The number of benzene rings is 2. The summed E-state index contributed by atoms with van der Waals surface area (Å²) in [6.45, 7) is 4.17. The van der Waals surface area contributed by atoms with Crippen molar-refractivity contribution in [1.29, 1.82) is 0 Å². The Hall–Kier alpha value is -2.09. The molecule has 1 fully saturated rings. The quantitative estimate of drug-likeness (QED) is 0.605. The average molecular weight is 450 g/mol. The maximum absolute atomic E-state index is 12.8. The summed E-state index contributed by atoms with van der Waals surface area (Å²) >= 11 is 6.43. The van der Waals surface area contributed by atoms with Crippen LogP contribution in [0.2, 0.25) is 5.02 Å². The van der Waals surface area contributed by atoms with E-state index < -0.39 is 10.0 Å². The third-order valence-corrected chi connectivity index (χ3v) is 7.01. The summed E-state index contributed by atoms with van der Waals surface area (Å²) in [5.74, 6) is -0.207. The van der Waals surface area contributed by atoms with Gasteiger partial charge in [0.25, 0.3) is 5.91 Å². The van der Waals surface area contributed by atoms with Gasteiger partial charge in [-0.15, -0.1) is 0 Å². The highest BCUT2D eigenvalue weighted by Gasteiger charge is 2.25. The van der Waals surface area contributed by atoms with Gasteiger partial charge in [-0.2, -0.15) is 0 Å². The molecule has 1 heterocycles. The van der Waals surface area contributed by atoms with Gasteiger partial charge in [0.2, 0.25) is 10.0 Å². The van der Waals surface area contributed by atoms with Gasteiger partial charge in [-0.25, -0.2) is 8.42 Å². The van der Waals surface area contributed by atoms with Crippen LogP contribution in [-0.2, 0) is 10.0 Å². The van der Waals surface area contributed by atoms with Gasteiger partial charge in [-0.1, -0.05) is 42.8 Å². The number of hydrogen-bond donors (Lipinski definition) is 2. The van der Waals surface area contributed by atoms with Gasteiger partial charge in [-0.05, 0) is 62.2 Å². The topological polar surface area (TPSA) is 78.5 Å².